The van der Waals surface area contributed by atoms with Crippen LogP contribution in [0.4, 0.5) is 11.4 Å². The highest BCUT2D eigenvalue weighted by molar-refractivity contribution is 6.03. The van der Waals surface area contributed by atoms with Crippen molar-refractivity contribution in [2.75, 3.05) is 24.6 Å². The summed E-state index contributed by atoms with van der Waals surface area (Å²) < 4.78 is 8.02. The zero-order valence-corrected chi connectivity index (χ0v) is 26.8. The summed E-state index contributed by atoms with van der Waals surface area (Å²) in [4.78, 5) is 15.7. The van der Waals surface area contributed by atoms with Crippen LogP contribution in [-0.2, 0) is 20.4 Å². The van der Waals surface area contributed by atoms with E-state index < -0.39 is 5.41 Å². The van der Waals surface area contributed by atoms with Gasteiger partial charge in [0.25, 0.3) is 0 Å². The smallest absolute Gasteiger partial charge is 0.312 e. The Balaban J connectivity index is 1.55. The predicted molar refractivity (Wildman–Crippen MR) is 175 cm³/mol. The fraction of sp³-hybridized carbons (Fsp3) is 0.421. The van der Waals surface area contributed by atoms with E-state index in [0.29, 0.717) is 19.4 Å². The summed E-state index contributed by atoms with van der Waals surface area (Å²) in [6, 6.07) is 17.4. The van der Waals surface area contributed by atoms with Crippen molar-refractivity contribution in [1.29, 1.82) is 0 Å². The average Bonchev–Trinajstić information content (AvgIpc) is 3.33. The molecule has 1 unspecified atom stereocenters. The maximum absolute atomic E-state index is 13.3. The van der Waals surface area contributed by atoms with Crippen molar-refractivity contribution in [1.82, 2.24) is 0 Å². The molecule has 0 spiro atoms. The summed E-state index contributed by atoms with van der Waals surface area (Å²) >= 11 is 0. The number of ether oxygens (including phenoxy) is 1. The van der Waals surface area contributed by atoms with Crippen molar-refractivity contribution in [3.8, 4) is 0 Å². The molecule has 1 aliphatic carbocycles. The molecule has 3 aliphatic rings. The van der Waals surface area contributed by atoms with Crippen LogP contribution < -0.4 is 4.90 Å². The van der Waals surface area contributed by atoms with Crippen molar-refractivity contribution in [3.63, 3.8) is 0 Å². The molecule has 0 fully saturated rings. The number of anilines is 1. The Morgan fingerprint density at radius 2 is 1.57 bits per heavy atom. The molecule has 5 rings (SSSR count). The van der Waals surface area contributed by atoms with E-state index in [-0.39, 0.29) is 16.8 Å². The number of likely N-dealkylation sites (N-methyl/N-ethyl adjacent to an activating group) is 1. The Morgan fingerprint density at radius 3 is 2.26 bits per heavy atom. The van der Waals surface area contributed by atoms with Crippen molar-refractivity contribution in [2.24, 2.45) is 5.41 Å². The summed E-state index contributed by atoms with van der Waals surface area (Å²) in [5.41, 5.74) is 9.34. The highest BCUT2D eigenvalue weighted by atomic mass is 16.5. The first kappa shape index (κ1) is 29.8. The fourth-order valence-electron chi connectivity index (χ4n) is 7.30. The zero-order valence-electron chi connectivity index (χ0n) is 26.8. The lowest BCUT2D eigenvalue weighted by Gasteiger charge is -2.32. The van der Waals surface area contributed by atoms with E-state index >= 15 is 0 Å². The first-order valence-corrected chi connectivity index (χ1v) is 15.6. The minimum Gasteiger partial charge on any atom is -0.466 e. The van der Waals surface area contributed by atoms with Gasteiger partial charge in [0.05, 0.1) is 17.4 Å². The van der Waals surface area contributed by atoms with Gasteiger partial charge in [-0.15, -0.1) is 0 Å². The van der Waals surface area contributed by atoms with Crippen molar-refractivity contribution < 1.29 is 14.1 Å². The molecule has 0 radical (unpaired) electrons. The lowest BCUT2D eigenvalue weighted by Crippen LogP contribution is -2.33. The molecule has 0 saturated carbocycles. The third kappa shape index (κ3) is 4.99. The third-order valence-electron chi connectivity index (χ3n) is 9.47. The van der Waals surface area contributed by atoms with Crippen LogP contribution in [0.3, 0.4) is 0 Å². The summed E-state index contributed by atoms with van der Waals surface area (Å²) in [5.74, 6) is -0.122. The van der Waals surface area contributed by atoms with Gasteiger partial charge in [-0.25, -0.2) is 0 Å². The maximum atomic E-state index is 13.3. The third-order valence-corrected chi connectivity index (χ3v) is 9.47. The Labute approximate surface area is 252 Å². The minimum atomic E-state index is -0.614. The molecule has 2 aromatic carbocycles. The molecule has 4 nitrogen and oxygen atoms in total. The Hall–Kier alpha value is -3.66. The highest BCUT2D eigenvalue weighted by Crippen LogP contribution is 2.48. The molecule has 2 heterocycles. The Kier molecular flexibility index (Phi) is 7.96. The molecule has 220 valence electrons. The number of rotatable bonds is 7. The van der Waals surface area contributed by atoms with Crippen molar-refractivity contribution in [2.45, 2.75) is 79.1 Å². The van der Waals surface area contributed by atoms with Gasteiger partial charge in [0, 0.05) is 41.1 Å². The molecule has 0 saturated heterocycles. The second kappa shape index (κ2) is 11.2. The number of benzene rings is 2. The monoisotopic (exact) mass is 563 g/mol. The summed E-state index contributed by atoms with van der Waals surface area (Å²) in [5, 5.41) is 0. The number of nitrogens with zero attached hydrogens (tertiary/aromatic N) is 2. The molecule has 4 heteroatoms. The summed E-state index contributed by atoms with van der Waals surface area (Å²) in [6.45, 7) is 19.8. The highest BCUT2D eigenvalue weighted by Gasteiger charge is 2.44. The molecular weight excluding hydrogens is 516 g/mol. The molecule has 1 atom stereocenters. The standard InChI is InChI=1S/C38H47N2O2/c1-9-39-31-18-14-12-16-29(31)36(4,5)33(39)22-20-27-24-28(26-38(8,25-27)35(41)42-11-3)21-23-34-37(6,7)30-17-13-15-19-32(30)40(34)10-2/h12-24H,9-11,25-26H2,1-8H3/q+1. The minimum absolute atomic E-state index is 0.0987. The van der Waals surface area contributed by atoms with Gasteiger partial charge in [0.1, 0.15) is 6.54 Å². The fourth-order valence-corrected chi connectivity index (χ4v) is 7.30. The Morgan fingerprint density at radius 1 is 0.881 bits per heavy atom. The van der Waals surface area contributed by atoms with Crippen LogP contribution in [0.15, 0.2) is 95.8 Å². The van der Waals surface area contributed by atoms with Gasteiger partial charge < -0.3 is 9.64 Å². The summed E-state index contributed by atoms with van der Waals surface area (Å²) in [6.07, 6.45) is 12.6. The molecule has 0 amide bonds. The zero-order chi connectivity index (χ0) is 30.3. The topological polar surface area (TPSA) is 32.6 Å². The largest absolute Gasteiger partial charge is 0.466 e. The first-order chi connectivity index (χ1) is 20.0. The number of para-hydroxylation sites is 2. The van der Waals surface area contributed by atoms with E-state index in [2.05, 4.69) is 137 Å². The van der Waals surface area contributed by atoms with Crippen LogP contribution in [0.25, 0.3) is 0 Å². The SMILES string of the molecule is CCOC(=O)C1(C)CC(/C=C/C2=[N+](CC)c3ccccc3C2(C)C)=CC(=C/C=C2/N(CC)c3ccccc3C2(C)C)/C1. The number of carbonyl (C=O) groups excluding carboxylic acids is 1. The van der Waals surface area contributed by atoms with E-state index in [0.717, 1.165) is 24.2 Å². The first-order valence-electron chi connectivity index (χ1n) is 15.6. The van der Waals surface area contributed by atoms with Crippen LogP contribution in [0.2, 0.25) is 0 Å². The average molecular weight is 564 g/mol. The quantitative estimate of drug-likeness (QED) is 0.250. The molecule has 0 bridgehead atoms. The second-order valence-corrected chi connectivity index (χ2v) is 13.1. The molecule has 2 aromatic rings. The second-order valence-electron chi connectivity index (χ2n) is 13.1. The molecule has 2 aliphatic heterocycles. The maximum Gasteiger partial charge on any atom is 0.312 e. The van der Waals surface area contributed by atoms with Gasteiger partial charge in [-0.2, -0.15) is 4.58 Å². The van der Waals surface area contributed by atoms with E-state index in [4.69, 9.17) is 4.74 Å². The Bertz CT molecular complexity index is 1550. The van der Waals surface area contributed by atoms with Crippen LogP contribution in [0.5, 0.6) is 0 Å². The van der Waals surface area contributed by atoms with Gasteiger partial charge in [-0.1, -0.05) is 68.5 Å². The number of hydrogen-bond acceptors (Lipinski definition) is 3. The van der Waals surface area contributed by atoms with E-state index in [1.165, 1.54) is 33.9 Å². The predicted octanol–water partition coefficient (Wildman–Crippen LogP) is 8.56. The molecule has 0 N–H and O–H groups in total. The van der Waals surface area contributed by atoms with Crippen molar-refractivity contribution >= 4 is 23.1 Å². The number of hydrogen-bond donors (Lipinski definition) is 0. The van der Waals surface area contributed by atoms with Gasteiger partial charge in [0.15, 0.2) is 5.71 Å². The van der Waals surface area contributed by atoms with E-state index in [9.17, 15) is 4.79 Å². The van der Waals surface area contributed by atoms with Gasteiger partial charge in [-0.05, 0) is 83.2 Å². The summed E-state index contributed by atoms with van der Waals surface area (Å²) in [7, 11) is 0. The van der Waals surface area contributed by atoms with Gasteiger partial charge in [-0.3, -0.25) is 4.79 Å². The lowest BCUT2D eigenvalue weighted by molar-refractivity contribution is -0.433. The number of fused-ring (bicyclic) bond motifs is 2. The van der Waals surface area contributed by atoms with Gasteiger partial charge in [0.2, 0.25) is 5.69 Å². The lowest BCUT2D eigenvalue weighted by atomic mass is 9.73. The van der Waals surface area contributed by atoms with E-state index in [1.54, 1.807) is 0 Å². The molecular formula is C38H47N2O2+. The molecule has 0 aromatic heterocycles. The van der Waals surface area contributed by atoms with Crippen molar-refractivity contribution in [3.05, 3.63) is 107 Å². The molecule has 42 heavy (non-hydrogen) atoms. The number of allylic oxidation sites excluding steroid dienone is 8. The van der Waals surface area contributed by atoms with Crippen LogP contribution >= 0.6 is 0 Å². The van der Waals surface area contributed by atoms with Crippen LogP contribution in [0.1, 0.15) is 79.4 Å². The van der Waals surface area contributed by atoms with Crippen LogP contribution in [0, 0.1) is 5.41 Å². The number of carbonyl (C=O) groups is 1. The van der Waals surface area contributed by atoms with Crippen LogP contribution in [-0.4, -0.2) is 36.0 Å². The van der Waals surface area contributed by atoms with Gasteiger partial charge >= 0.3 is 5.97 Å². The number of esters is 1. The van der Waals surface area contributed by atoms with E-state index in [1.807, 2.05) is 6.92 Å². The normalized spacial score (nSPS) is 24.4.